The van der Waals surface area contributed by atoms with E-state index in [2.05, 4.69) is 59.8 Å². The van der Waals surface area contributed by atoms with E-state index < -0.39 is 0 Å². The average molecular weight is 255 g/mol. The van der Waals surface area contributed by atoms with Gasteiger partial charge in [-0.15, -0.1) is 0 Å². The van der Waals surface area contributed by atoms with Gasteiger partial charge in [0.15, 0.2) is 0 Å². The molecule has 0 saturated carbocycles. The van der Waals surface area contributed by atoms with Crippen molar-refractivity contribution in [3.05, 3.63) is 48.3 Å². The predicted octanol–water partition coefficient (Wildman–Crippen LogP) is 4.21. The van der Waals surface area contributed by atoms with E-state index in [0.29, 0.717) is 0 Å². The lowest BCUT2D eigenvalue weighted by Gasteiger charge is -2.10. The first-order valence-corrected chi connectivity index (χ1v) is 6.86. The van der Waals surface area contributed by atoms with Crippen molar-refractivity contribution in [1.82, 2.24) is 4.98 Å². The lowest BCUT2D eigenvalue weighted by Crippen LogP contribution is -2.01. The third-order valence-electron chi connectivity index (χ3n) is 2.94. The average Bonchev–Trinajstić information content (AvgIpc) is 2.46. The topological polar surface area (TPSA) is 37.0 Å². The molecule has 1 aromatic heterocycles. The minimum Gasteiger partial charge on any atom is -0.384 e. The lowest BCUT2D eigenvalue weighted by molar-refractivity contribution is 0.978. The van der Waals surface area contributed by atoms with Crippen LogP contribution < -0.4 is 10.6 Å². The van der Waals surface area contributed by atoms with Crippen molar-refractivity contribution in [2.75, 3.05) is 17.2 Å². The van der Waals surface area contributed by atoms with E-state index >= 15 is 0 Å². The molecule has 2 N–H and O–H groups in total. The summed E-state index contributed by atoms with van der Waals surface area (Å²) in [6.45, 7) is 5.28. The molecule has 19 heavy (non-hydrogen) atoms. The Balaban J connectivity index is 2.09. The molecule has 1 aromatic carbocycles. The van der Waals surface area contributed by atoms with E-state index in [1.807, 2.05) is 12.4 Å². The third-order valence-corrected chi connectivity index (χ3v) is 2.94. The summed E-state index contributed by atoms with van der Waals surface area (Å²) in [5, 5.41) is 6.73. The summed E-state index contributed by atoms with van der Waals surface area (Å²) >= 11 is 0. The molecule has 0 atom stereocenters. The molecule has 0 bridgehead atoms. The smallest absolute Gasteiger partial charge is 0.0591 e. The molecule has 3 nitrogen and oxygen atoms in total. The molecule has 0 saturated heterocycles. The van der Waals surface area contributed by atoms with E-state index in [1.54, 1.807) is 0 Å². The molecule has 2 rings (SSSR count). The molecule has 0 aliphatic heterocycles. The van der Waals surface area contributed by atoms with Crippen LogP contribution in [0.25, 0.3) is 0 Å². The van der Waals surface area contributed by atoms with Crippen molar-refractivity contribution in [3.8, 4) is 0 Å². The summed E-state index contributed by atoms with van der Waals surface area (Å²) in [5.74, 6) is 0. The van der Waals surface area contributed by atoms with Crippen LogP contribution in [0.5, 0.6) is 0 Å². The minimum absolute atomic E-state index is 0.969. The number of hydrogen-bond acceptors (Lipinski definition) is 3. The van der Waals surface area contributed by atoms with Crippen molar-refractivity contribution in [2.45, 2.75) is 26.7 Å². The second-order valence-electron chi connectivity index (χ2n) is 4.57. The van der Waals surface area contributed by atoms with Gasteiger partial charge >= 0.3 is 0 Å². The lowest BCUT2D eigenvalue weighted by atomic mass is 10.1. The second-order valence-corrected chi connectivity index (χ2v) is 4.57. The van der Waals surface area contributed by atoms with Crippen LogP contribution in [-0.2, 0) is 6.42 Å². The number of nitrogens with one attached hydrogen (secondary N) is 2. The van der Waals surface area contributed by atoms with E-state index in [0.717, 1.165) is 36.4 Å². The van der Waals surface area contributed by atoms with Gasteiger partial charge in [0.2, 0.25) is 0 Å². The van der Waals surface area contributed by atoms with Crippen LogP contribution in [0, 0.1) is 0 Å². The number of benzene rings is 1. The first kappa shape index (κ1) is 13.4. The number of pyridine rings is 1. The second kappa shape index (κ2) is 6.78. The Morgan fingerprint density at radius 2 is 1.84 bits per heavy atom. The Morgan fingerprint density at radius 3 is 2.63 bits per heavy atom. The Labute approximate surface area is 115 Å². The normalized spacial score (nSPS) is 10.2. The van der Waals surface area contributed by atoms with Gasteiger partial charge in [0.05, 0.1) is 23.8 Å². The molecule has 0 unspecified atom stereocenters. The Hall–Kier alpha value is -2.03. The summed E-state index contributed by atoms with van der Waals surface area (Å²) in [5.41, 5.74) is 4.50. The molecular formula is C16H21N3. The standard InChI is InChI=1S/C16H21N3/c1-3-8-18-15-10-16(12-17-11-15)19-14-7-5-6-13(4-2)9-14/h5-7,9-12,18-19H,3-4,8H2,1-2H3. The van der Waals surface area contributed by atoms with Gasteiger partial charge < -0.3 is 10.6 Å². The zero-order valence-corrected chi connectivity index (χ0v) is 11.6. The van der Waals surface area contributed by atoms with Crippen molar-refractivity contribution in [2.24, 2.45) is 0 Å². The molecule has 2 aromatic rings. The van der Waals surface area contributed by atoms with Gasteiger partial charge in [-0.1, -0.05) is 26.0 Å². The molecule has 0 aliphatic rings. The number of hydrogen-bond donors (Lipinski definition) is 2. The molecule has 0 aliphatic carbocycles. The van der Waals surface area contributed by atoms with Gasteiger partial charge in [-0.3, -0.25) is 4.98 Å². The molecule has 0 radical (unpaired) electrons. The van der Waals surface area contributed by atoms with E-state index in [-0.39, 0.29) is 0 Å². The fraction of sp³-hybridized carbons (Fsp3) is 0.312. The van der Waals surface area contributed by atoms with Crippen molar-refractivity contribution in [3.63, 3.8) is 0 Å². The zero-order valence-electron chi connectivity index (χ0n) is 11.6. The van der Waals surface area contributed by atoms with Crippen LogP contribution >= 0.6 is 0 Å². The van der Waals surface area contributed by atoms with E-state index in [4.69, 9.17) is 0 Å². The molecule has 3 heteroatoms. The SMILES string of the molecule is CCCNc1cncc(Nc2cccc(CC)c2)c1. The molecule has 0 amide bonds. The number of aromatic nitrogens is 1. The van der Waals surface area contributed by atoms with Crippen molar-refractivity contribution < 1.29 is 0 Å². The maximum absolute atomic E-state index is 4.25. The maximum Gasteiger partial charge on any atom is 0.0591 e. The highest BCUT2D eigenvalue weighted by Crippen LogP contribution is 2.19. The van der Waals surface area contributed by atoms with Crippen LogP contribution in [0.15, 0.2) is 42.7 Å². The zero-order chi connectivity index (χ0) is 13.5. The highest BCUT2D eigenvalue weighted by Gasteiger charge is 1.98. The number of nitrogens with zero attached hydrogens (tertiary/aromatic N) is 1. The monoisotopic (exact) mass is 255 g/mol. The van der Waals surface area contributed by atoms with Gasteiger partial charge in [-0.05, 0) is 36.6 Å². The Bertz CT molecular complexity index is 523. The molecular weight excluding hydrogens is 234 g/mol. The highest BCUT2D eigenvalue weighted by molar-refractivity contribution is 5.63. The molecule has 100 valence electrons. The summed E-state index contributed by atoms with van der Waals surface area (Å²) in [6, 6.07) is 10.6. The highest BCUT2D eigenvalue weighted by atomic mass is 14.9. The summed E-state index contributed by atoms with van der Waals surface area (Å²) in [6.07, 6.45) is 5.85. The largest absolute Gasteiger partial charge is 0.384 e. The van der Waals surface area contributed by atoms with Gasteiger partial charge in [0.25, 0.3) is 0 Å². The quantitative estimate of drug-likeness (QED) is 0.812. The third kappa shape index (κ3) is 3.98. The number of anilines is 3. The van der Waals surface area contributed by atoms with E-state index in [9.17, 15) is 0 Å². The summed E-state index contributed by atoms with van der Waals surface area (Å²) < 4.78 is 0. The summed E-state index contributed by atoms with van der Waals surface area (Å²) in [7, 11) is 0. The Morgan fingerprint density at radius 1 is 1.00 bits per heavy atom. The molecule has 0 fully saturated rings. The van der Waals surface area contributed by atoms with Crippen LogP contribution in [0.4, 0.5) is 17.1 Å². The Kier molecular flexibility index (Phi) is 4.78. The maximum atomic E-state index is 4.25. The first-order valence-electron chi connectivity index (χ1n) is 6.86. The van der Waals surface area contributed by atoms with Crippen molar-refractivity contribution in [1.29, 1.82) is 0 Å². The fourth-order valence-electron chi connectivity index (χ4n) is 1.91. The number of rotatable bonds is 6. The van der Waals surface area contributed by atoms with Crippen LogP contribution in [0.1, 0.15) is 25.8 Å². The van der Waals surface area contributed by atoms with Gasteiger partial charge in [0, 0.05) is 12.2 Å². The fourth-order valence-corrected chi connectivity index (χ4v) is 1.91. The van der Waals surface area contributed by atoms with Gasteiger partial charge in [-0.2, -0.15) is 0 Å². The predicted molar refractivity (Wildman–Crippen MR) is 82.1 cm³/mol. The van der Waals surface area contributed by atoms with Gasteiger partial charge in [0.1, 0.15) is 0 Å². The van der Waals surface area contributed by atoms with Crippen LogP contribution in [0.2, 0.25) is 0 Å². The molecule has 0 spiro atoms. The summed E-state index contributed by atoms with van der Waals surface area (Å²) in [4.78, 5) is 4.25. The minimum atomic E-state index is 0.969. The van der Waals surface area contributed by atoms with E-state index in [1.165, 1.54) is 5.56 Å². The number of aryl methyl sites for hydroxylation is 1. The van der Waals surface area contributed by atoms with Crippen LogP contribution in [0.3, 0.4) is 0 Å². The van der Waals surface area contributed by atoms with Crippen molar-refractivity contribution >= 4 is 17.1 Å². The first-order chi connectivity index (χ1) is 9.31. The van der Waals surface area contributed by atoms with Gasteiger partial charge in [-0.25, -0.2) is 0 Å². The van der Waals surface area contributed by atoms with Crippen LogP contribution in [-0.4, -0.2) is 11.5 Å². The molecule has 1 heterocycles.